The highest BCUT2D eigenvalue weighted by molar-refractivity contribution is 7.13. The molecule has 5 nitrogen and oxygen atoms in total. The van der Waals surface area contributed by atoms with Crippen molar-refractivity contribution >= 4 is 61.3 Å². The molecule has 8 aromatic rings. The van der Waals surface area contributed by atoms with Gasteiger partial charge in [-0.05, 0) is 107 Å². The molecule has 1 aliphatic carbocycles. The first-order valence-corrected chi connectivity index (χ1v) is 17.7. The standard InChI is InChI=1S/C45H28N4OS/c1-2-8-41-40(7-1)48-45(50-41)33-15-22-38(23-16-33)49(36-18-11-29(12-19-36)35-27-34-6-4-26-51-42(34)28-35)37-20-13-30(14-21-37)39-24-17-32-10-9-31-5-3-25-46-43(31)44(32)47-39/h1-28H. The predicted molar refractivity (Wildman–Crippen MR) is 210 cm³/mol. The molecule has 6 heteroatoms. The largest absolute Gasteiger partial charge is 0.436 e. The summed E-state index contributed by atoms with van der Waals surface area (Å²) in [6.45, 7) is 0. The highest BCUT2D eigenvalue weighted by Crippen LogP contribution is 2.40. The van der Waals surface area contributed by atoms with Crippen molar-refractivity contribution in [3.8, 4) is 44.3 Å². The molecule has 240 valence electrons. The molecule has 1 aliphatic heterocycles. The van der Waals surface area contributed by atoms with Gasteiger partial charge in [-0.15, -0.1) is 11.3 Å². The summed E-state index contributed by atoms with van der Waals surface area (Å²) in [5, 5.41) is 4.29. The lowest BCUT2D eigenvalue weighted by Crippen LogP contribution is -2.09. The van der Waals surface area contributed by atoms with Crippen molar-refractivity contribution in [2.75, 3.05) is 4.90 Å². The molecule has 0 fully saturated rings. The van der Waals surface area contributed by atoms with Crippen molar-refractivity contribution in [3.63, 3.8) is 0 Å². The zero-order chi connectivity index (χ0) is 33.7. The number of pyridine rings is 2. The molecule has 10 rings (SSSR count). The topological polar surface area (TPSA) is 55.1 Å². The van der Waals surface area contributed by atoms with Gasteiger partial charge in [0.05, 0.1) is 16.7 Å². The van der Waals surface area contributed by atoms with Gasteiger partial charge in [0, 0.05) is 50.0 Å². The van der Waals surface area contributed by atoms with E-state index >= 15 is 0 Å². The minimum atomic E-state index is 0.608. The molecule has 4 heterocycles. The van der Waals surface area contributed by atoms with Crippen LogP contribution in [-0.2, 0) is 0 Å². The molecular formula is C45H28N4OS. The van der Waals surface area contributed by atoms with Gasteiger partial charge in [-0.3, -0.25) is 4.98 Å². The summed E-state index contributed by atoms with van der Waals surface area (Å²) in [6.07, 6.45) is 1.83. The van der Waals surface area contributed by atoms with E-state index in [0.29, 0.717) is 5.89 Å². The van der Waals surface area contributed by atoms with Crippen molar-refractivity contribution in [3.05, 3.63) is 169 Å². The van der Waals surface area contributed by atoms with E-state index < -0.39 is 0 Å². The van der Waals surface area contributed by atoms with Crippen LogP contribution in [0, 0.1) is 0 Å². The molecule has 0 amide bonds. The maximum Gasteiger partial charge on any atom is 0.227 e. The summed E-state index contributed by atoms with van der Waals surface area (Å²) in [4.78, 5) is 18.0. The highest BCUT2D eigenvalue weighted by Gasteiger charge is 2.16. The Morgan fingerprint density at radius 3 is 1.92 bits per heavy atom. The summed E-state index contributed by atoms with van der Waals surface area (Å²) in [7, 11) is 0. The number of nitrogens with zero attached hydrogens (tertiary/aromatic N) is 4. The zero-order valence-electron chi connectivity index (χ0n) is 27.3. The molecule has 0 atom stereocenters. The summed E-state index contributed by atoms with van der Waals surface area (Å²) < 4.78 is 6.07. The number of aromatic nitrogens is 3. The Bertz CT molecular complexity index is 2690. The molecule has 0 saturated heterocycles. The first-order chi connectivity index (χ1) is 25.2. The van der Waals surface area contributed by atoms with Crippen LogP contribution >= 0.6 is 11.3 Å². The van der Waals surface area contributed by atoms with Crippen molar-refractivity contribution < 1.29 is 4.42 Å². The maximum absolute atomic E-state index is 6.07. The van der Waals surface area contributed by atoms with E-state index in [0.717, 1.165) is 66.8 Å². The van der Waals surface area contributed by atoms with Crippen LogP contribution in [0.25, 0.3) is 77.2 Å². The van der Waals surface area contributed by atoms with E-state index in [1.165, 1.54) is 21.6 Å². The Morgan fingerprint density at radius 1 is 0.490 bits per heavy atom. The summed E-state index contributed by atoms with van der Waals surface area (Å²) in [5.74, 6) is 0.608. The smallest absolute Gasteiger partial charge is 0.227 e. The number of oxazole rings is 1. The molecule has 0 radical (unpaired) electrons. The second-order valence-electron chi connectivity index (χ2n) is 12.5. The van der Waals surface area contributed by atoms with Gasteiger partial charge in [-0.1, -0.05) is 72.8 Å². The van der Waals surface area contributed by atoms with Crippen LogP contribution < -0.4 is 4.90 Å². The zero-order valence-corrected chi connectivity index (χ0v) is 28.1. The van der Waals surface area contributed by atoms with Gasteiger partial charge >= 0.3 is 0 Å². The van der Waals surface area contributed by atoms with Gasteiger partial charge in [-0.25, -0.2) is 9.97 Å². The van der Waals surface area contributed by atoms with Gasteiger partial charge in [0.15, 0.2) is 5.58 Å². The Kier molecular flexibility index (Phi) is 6.93. The lowest BCUT2D eigenvalue weighted by Gasteiger charge is -2.26. The SMILES string of the molecule is c1csc2cc(-c3ccc(N(c4ccc(-c5ccc6ccc7cccnc7c6n5)cc4)c4ccc(-c5nc6ccccc6o5)cc4)cc3)cc-2c1. The van der Waals surface area contributed by atoms with Crippen molar-refractivity contribution in [2.24, 2.45) is 0 Å². The monoisotopic (exact) mass is 672 g/mol. The summed E-state index contributed by atoms with van der Waals surface area (Å²) in [5.41, 5.74) is 13.1. The number of hydrogen-bond acceptors (Lipinski definition) is 6. The Balaban J connectivity index is 1.03. The van der Waals surface area contributed by atoms with E-state index in [9.17, 15) is 0 Å². The normalized spacial score (nSPS) is 11.5. The van der Waals surface area contributed by atoms with Gasteiger partial charge in [0.2, 0.25) is 5.89 Å². The molecule has 2 aliphatic rings. The quantitative estimate of drug-likeness (QED) is 0.165. The first kappa shape index (κ1) is 29.3. The van der Waals surface area contributed by atoms with Crippen LogP contribution in [0.5, 0.6) is 0 Å². The van der Waals surface area contributed by atoms with Crippen LogP contribution in [0.1, 0.15) is 0 Å². The molecule has 0 spiro atoms. The van der Waals surface area contributed by atoms with Gasteiger partial charge in [0.1, 0.15) is 5.52 Å². The molecule has 5 aromatic carbocycles. The average Bonchev–Trinajstić information content (AvgIpc) is 3.84. The molecule has 0 saturated carbocycles. The van der Waals surface area contributed by atoms with Crippen molar-refractivity contribution in [1.82, 2.24) is 15.0 Å². The second kappa shape index (κ2) is 12.1. The number of para-hydroxylation sites is 2. The number of rotatable bonds is 6. The third-order valence-electron chi connectivity index (χ3n) is 9.41. The molecule has 0 bridgehead atoms. The lowest BCUT2D eigenvalue weighted by molar-refractivity contribution is 0.620. The molecule has 0 unspecified atom stereocenters. The number of benzene rings is 5. The first-order valence-electron chi connectivity index (χ1n) is 16.8. The van der Waals surface area contributed by atoms with E-state index in [2.05, 4.69) is 143 Å². The molecule has 0 N–H and O–H groups in total. The third kappa shape index (κ3) is 5.30. The van der Waals surface area contributed by atoms with Crippen LogP contribution in [0.4, 0.5) is 17.1 Å². The van der Waals surface area contributed by atoms with Gasteiger partial charge in [-0.2, -0.15) is 0 Å². The second-order valence-corrected chi connectivity index (χ2v) is 13.5. The summed E-state index contributed by atoms with van der Waals surface area (Å²) in [6, 6.07) is 55.0. The molecular weight excluding hydrogens is 645 g/mol. The molecule has 51 heavy (non-hydrogen) atoms. The minimum Gasteiger partial charge on any atom is -0.436 e. The Hall–Kier alpha value is -6.63. The van der Waals surface area contributed by atoms with E-state index in [1.807, 2.05) is 36.5 Å². The van der Waals surface area contributed by atoms with Crippen LogP contribution in [0.2, 0.25) is 0 Å². The number of fused-ring (bicyclic) bond motifs is 5. The Morgan fingerprint density at radius 2 is 1.18 bits per heavy atom. The van der Waals surface area contributed by atoms with E-state index in [1.54, 1.807) is 11.3 Å². The van der Waals surface area contributed by atoms with Crippen LogP contribution in [0.3, 0.4) is 0 Å². The van der Waals surface area contributed by atoms with E-state index in [4.69, 9.17) is 14.4 Å². The van der Waals surface area contributed by atoms with Crippen molar-refractivity contribution in [2.45, 2.75) is 0 Å². The fourth-order valence-electron chi connectivity index (χ4n) is 6.82. The predicted octanol–water partition coefficient (Wildman–Crippen LogP) is 12.6. The van der Waals surface area contributed by atoms with Crippen LogP contribution in [-0.4, -0.2) is 15.0 Å². The fourth-order valence-corrected chi connectivity index (χ4v) is 7.59. The van der Waals surface area contributed by atoms with E-state index in [-0.39, 0.29) is 0 Å². The highest BCUT2D eigenvalue weighted by atomic mass is 32.1. The average molecular weight is 673 g/mol. The maximum atomic E-state index is 6.07. The lowest BCUT2D eigenvalue weighted by atomic mass is 10.1. The minimum absolute atomic E-state index is 0.608. The fraction of sp³-hybridized carbons (Fsp3) is 0. The Labute approximate surface area is 298 Å². The number of hydrogen-bond donors (Lipinski definition) is 0. The van der Waals surface area contributed by atoms with Crippen LogP contribution in [0.15, 0.2) is 174 Å². The molecule has 3 aromatic heterocycles. The van der Waals surface area contributed by atoms with Crippen molar-refractivity contribution in [1.29, 1.82) is 0 Å². The summed E-state index contributed by atoms with van der Waals surface area (Å²) >= 11 is 1.77. The van der Waals surface area contributed by atoms with Gasteiger partial charge in [0.25, 0.3) is 0 Å². The number of anilines is 3. The third-order valence-corrected chi connectivity index (χ3v) is 10.3. The van der Waals surface area contributed by atoms with Gasteiger partial charge < -0.3 is 9.32 Å².